The second-order valence-corrected chi connectivity index (χ2v) is 4.11. The molecule has 1 radical (unpaired) electrons. The van der Waals surface area contributed by atoms with E-state index < -0.39 is 0 Å². The Labute approximate surface area is 64.0 Å². The van der Waals surface area contributed by atoms with Gasteiger partial charge in [-0.1, -0.05) is 26.2 Å². The molecule has 0 aromatic carbocycles. The van der Waals surface area contributed by atoms with Crippen LogP contribution in [0.2, 0.25) is 0 Å². The van der Waals surface area contributed by atoms with Crippen molar-refractivity contribution in [2.75, 3.05) is 0 Å². The van der Waals surface area contributed by atoms with Crippen molar-refractivity contribution >= 4 is 0 Å². The molecule has 0 N–H and O–H groups in total. The van der Waals surface area contributed by atoms with E-state index in [0.29, 0.717) is 0 Å². The highest BCUT2D eigenvalue weighted by Crippen LogP contribution is 2.64. The third-order valence-electron chi connectivity index (χ3n) is 3.51. The van der Waals surface area contributed by atoms with Crippen LogP contribution < -0.4 is 0 Å². The van der Waals surface area contributed by atoms with Gasteiger partial charge in [-0.2, -0.15) is 0 Å². The molecule has 0 nitrogen and oxygen atoms in total. The maximum atomic E-state index is 3.92. The molecule has 1 unspecified atom stereocenters. The summed E-state index contributed by atoms with van der Waals surface area (Å²) in [7, 11) is 0. The summed E-state index contributed by atoms with van der Waals surface area (Å²) in [6.45, 7) is 3.92. The molecule has 2 aliphatic rings. The SMILES string of the molecule is [CH2]CCC1CC12CCCC2. The zero-order valence-electron chi connectivity index (χ0n) is 6.73. The van der Waals surface area contributed by atoms with Gasteiger partial charge in [-0.3, -0.25) is 0 Å². The van der Waals surface area contributed by atoms with Crippen LogP contribution in [0, 0.1) is 18.3 Å². The summed E-state index contributed by atoms with van der Waals surface area (Å²) in [5.74, 6) is 1.09. The van der Waals surface area contributed by atoms with E-state index in [1.165, 1.54) is 32.1 Å². The van der Waals surface area contributed by atoms with Gasteiger partial charge in [0.2, 0.25) is 0 Å². The molecular weight excluding hydrogens is 120 g/mol. The highest BCUT2D eigenvalue weighted by Gasteiger charge is 2.53. The summed E-state index contributed by atoms with van der Waals surface area (Å²) >= 11 is 0. The van der Waals surface area contributed by atoms with Crippen molar-refractivity contribution in [2.24, 2.45) is 11.3 Å². The van der Waals surface area contributed by atoms with Gasteiger partial charge in [0.05, 0.1) is 0 Å². The average Bonchev–Trinajstić information content (AvgIpc) is 2.43. The lowest BCUT2D eigenvalue weighted by Gasteiger charge is -2.05. The van der Waals surface area contributed by atoms with Crippen LogP contribution in [0.5, 0.6) is 0 Å². The van der Waals surface area contributed by atoms with E-state index in [-0.39, 0.29) is 0 Å². The van der Waals surface area contributed by atoms with E-state index in [4.69, 9.17) is 0 Å². The molecule has 0 aliphatic heterocycles. The monoisotopic (exact) mass is 137 g/mol. The topological polar surface area (TPSA) is 0 Å². The first-order valence-corrected chi connectivity index (χ1v) is 4.67. The summed E-state index contributed by atoms with van der Waals surface area (Å²) in [5, 5.41) is 0. The number of hydrogen-bond acceptors (Lipinski definition) is 0. The second kappa shape index (κ2) is 2.25. The van der Waals surface area contributed by atoms with Gasteiger partial charge in [0, 0.05) is 0 Å². The molecule has 0 bridgehead atoms. The van der Waals surface area contributed by atoms with Gasteiger partial charge in [0.15, 0.2) is 0 Å². The van der Waals surface area contributed by atoms with Gasteiger partial charge in [-0.15, -0.1) is 0 Å². The lowest BCUT2D eigenvalue weighted by molar-refractivity contribution is 0.456. The van der Waals surface area contributed by atoms with Gasteiger partial charge < -0.3 is 0 Å². The predicted molar refractivity (Wildman–Crippen MR) is 43.6 cm³/mol. The minimum absolute atomic E-state index is 0.873. The first-order chi connectivity index (χ1) is 4.87. The first-order valence-electron chi connectivity index (χ1n) is 4.67. The molecule has 0 aromatic heterocycles. The Morgan fingerprint density at radius 1 is 1.30 bits per heavy atom. The van der Waals surface area contributed by atoms with Gasteiger partial charge >= 0.3 is 0 Å². The van der Waals surface area contributed by atoms with Gasteiger partial charge in [0.1, 0.15) is 0 Å². The number of hydrogen-bond donors (Lipinski definition) is 0. The molecule has 57 valence electrons. The Morgan fingerprint density at radius 3 is 2.60 bits per heavy atom. The van der Waals surface area contributed by atoms with Crippen molar-refractivity contribution < 1.29 is 0 Å². The van der Waals surface area contributed by atoms with Crippen LogP contribution in [0.4, 0.5) is 0 Å². The van der Waals surface area contributed by atoms with Crippen molar-refractivity contribution in [3.8, 4) is 0 Å². The van der Waals surface area contributed by atoms with Crippen LogP contribution in [0.3, 0.4) is 0 Å². The molecule has 1 spiro atoms. The van der Waals surface area contributed by atoms with Crippen LogP contribution in [0.15, 0.2) is 0 Å². The molecule has 2 aliphatic carbocycles. The molecule has 1 atom stereocenters. The lowest BCUT2D eigenvalue weighted by atomic mass is 10.00. The van der Waals surface area contributed by atoms with Crippen LogP contribution in [-0.4, -0.2) is 0 Å². The molecular formula is C10H17. The molecule has 0 amide bonds. The van der Waals surface area contributed by atoms with E-state index in [2.05, 4.69) is 6.92 Å². The molecule has 2 fully saturated rings. The summed E-state index contributed by atoms with van der Waals surface area (Å²) < 4.78 is 0. The molecule has 0 saturated heterocycles. The smallest absolute Gasteiger partial charge is 0.0266 e. The van der Waals surface area contributed by atoms with Crippen molar-refractivity contribution in [3.05, 3.63) is 6.92 Å². The maximum absolute atomic E-state index is 3.92. The minimum atomic E-state index is 0.873. The van der Waals surface area contributed by atoms with Crippen molar-refractivity contribution in [1.29, 1.82) is 0 Å². The fourth-order valence-corrected chi connectivity index (χ4v) is 2.78. The molecule has 0 heteroatoms. The third-order valence-corrected chi connectivity index (χ3v) is 3.51. The van der Waals surface area contributed by atoms with Crippen LogP contribution >= 0.6 is 0 Å². The fraction of sp³-hybridized carbons (Fsp3) is 0.900. The average molecular weight is 137 g/mol. The summed E-state index contributed by atoms with van der Waals surface area (Å²) in [6.07, 6.45) is 10.2. The molecule has 2 rings (SSSR count). The van der Waals surface area contributed by atoms with Crippen LogP contribution in [0.1, 0.15) is 44.9 Å². The Kier molecular flexibility index (Phi) is 1.51. The molecule has 2 saturated carbocycles. The van der Waals surface area contributed by atoms with Crippen LogP contribution in [-0.2, 0) is 0 Å². The van der Waals surface area contributed by atoms with Crippen molar-refractivity contribution in [1.82, 2.24) is 0 Å². The standard InChI is InChI=1S/C10H17/c1-2-5-9-8-10(9)6-3-4-7-10/h9H,1-8H2. The largest absolute Gasteiger partial charge is 0.0533 e. The number of rotatable bonds is 2. The molecule has 0 aromatic rings. The third kappa shape index (κ3) is 0.889. The van der Waals surface area contributed by atoms with Crippen molar-refractivity contribution in [2.45, 2.75) is 44.9 Å². The van der Waals surface area contributed by atoms with E-state index in [1.807, 2.05) is 0 Å². The maximum Gasteiger partial charge on any atom is -0.0266 e. The Morgan fingerprint density at radius 2 is 2.00 bits per heavy atom. The summed E-state index contributed by atoms with van der Waals surface area (Å²) in [5.41, 5.74) is 0.873. The minimum Gasteiger partial charge on any atom is -0.0533 e. The molecule has 0 heterocycles. The lowest BCUT2D eigenvalue weighted by Crippen LogP contribution is -1.95. The normalized spacial score (nSPS) is 35.1. The summed E-state index contributed by atoms with van der Waals surface area (Å²) in [6, 6.07) is 0. The fourth-order valence-electron chi connectivity index (χ4n) is 2.78. The quantitative estimate of drug-likeness (QED) is 0.548. The van der Waals surface area contributed by atoms with Crippen molar-refractivity contribution in [3.63, 3.8) is 0 Å². The Hall–Kier alpha value is 0. The Balaban J connectivity index is 1.86. The van der Waals surface area contributed by atoms with Gasteiger partial charge in [-0.25, -0.2) is 0 Å². The highest BCUT2D eigenvalue weighted by atomic mass is 14.6. The zero-order chi connectivity index (χ0) is 7.03. The van der Waals surface area contributed by atoms with E-state index in [0.717, 1.165) is 17.8 Å². The predicted octanol–water partition coefficient (Wildman–Crippen LogP) is 3.18. The van der Waals surface area contributed by atoms with E-state index in [9.17, 15) is 0 Å². The zero-order valence-corrected chi connectivity index (χ0v) is 6.73. The second-order valence-electron chi connectivity index (χ2n) is 4.11. The summed E-state index contributed by atoms with van der Waals surface area (Å²) in [4.78, 5) is 0. The van der Waals surface area contributed by atoms with Gasteiger partial charge in [0.25, 0.3) is 0 Å². The van der Waals surface area contributed by atoms with E-state index in [1.54, 1.807) is 6.42 Å². The van der Waals surface area contributed by atoms with Crippen LogP contribution in [0.25, 0.3) is 0 Å². The Bertz CT molecular complexity index is 120. The first kappa shape index (κ1) is 6.69. The highest BCUT2D eigenvalue weighted by molar-refractivity contribution is 5.04. The molecule has 10 heavy (non-hydrogen) atoms. The van der Waals surface area contributed by atoms with Gasteiger partial charge in [-0.05, 0) is 37.0 Å². The van der Waals surface area contributed by atoms with E-state index >= 15 is 0 Å².